The lowest BCUT2D eigenvalue weighted by atomic mass is 10.1. The van der Waals surface area contributed by atoms with Crippen LogP contribution < -0.4 is 5.32 Å². The van der Waals surface area contributed by atoms with Crippen molar-refractivity contribution in [2.75, 3.05) is 18.5 Å². The summed E-state index contributed by atoms with van der Waals surface area (Å²) in [6, 6.07) is 1.62. The summed E-state index contributed by atoms with van der Waals surface area (Å²) in [4.78, 5) is 42.8. The Kier molecular flexibility index (Phi) is 6.59. The third kappa shape index (κ3) is 4.90. The number of nitro benzene ring substituents is 2. The highest BCUT2D eigenvalue weighted by Crippen LogP contribution is 2.35. The maximum Gasteiger partial charge on any atom is 0.338 e. The molecule has 0 spiro atoms. The number of carbonyl (C=O) groups is 2. The topological polar surface area (TPSA) is 162 Å². The number of anilines is 1. The van der Waals surface area contributed by atoms with Gasteiger partial charge in [0.15, 0.2) is 5.69 Å². The molecule has 130 valence electrons. The van der Waals surface area contributed by atoms with Crippen LogP contribution in [0.25, 0.3) is 0 Å². The molecular weight excluding hydrogens is 326 g/mol. The van der Waals surface area contributed by atoms with Gasteiger partial charge in [-0.3, -0.25) is 25.0 Å². The lowest BCUT2D eigenvalue weighted by Gasteiger charge is -2.08. The van der Waals surface area contributed by atoms with Crippen molar-refractivity contribution in [2.24, 2.45) is 0 Å². The first-order valence-corrected chi connectivity index (χ1v) is 6.87. The Morgan fingerprint density at radius 2 is 1.75 bits per heavy atom. The molecule has 0 aromatic heterocycles. The van der Waals surface area contributed by atoms with Gasteiger partial charge in [0, 0.05) is 12.1 Å². The second-order valence-electron chi connectivity index (χ2n) is 4.64. The Balaban J connectivity index is 3.30. The van der Waals surface area contributed by atoms with Gasteiger partial charge in [0.1, 0.15) is 6.54 Å². The molecule has 0 saturated heterocycles. The highest BCUT2D eigenvalue weighted by molar-refractivity contribution is 5.94. The molecule has 0 radical (unpaired) electrons. The molecule has 0 fully saturated rings. The minimum absolute atomic E-state index is 0.0793. The number of nitrogens with zero attached hydrogens (tertiary/aromatic N) is 2. The second-order valence-corrected chi connectivity index (χ2v) is 4.64. The number of nitrogens with one attached hydrogen (secondary N) is 1. The van der Waals surface area contributed by atoms with Crippen LogP contribution in [0, 0.1) is 20.2 Å². The molecular formula is C13H15N3O8. The van der Waals surface area contributed by atoms with Crippen LogP contribution in [0.3, 0.4) is 0 Å². The van der Waals surface area contributed by atoms with E-state index in [1.165, 1.54) is 0 Å². The predicted octanol–water partition coefficient (Wildman–Crippen LogP) is 1.96. The Morgan fingerprint density at radius 3 is 2.17 bits per heavy atom. The standard InChI is InChI=1S/C13H15N3O8/c1-2-3-4-24-13(19)8-5-9(15(20)21)12(14-7-11(17)18)10(6-8)16(22)23/h5-6,14H,2-4,7H2,1H3,(H,17,18). The average Bonchev–Trinajstić information content (AvgIpc) is 2.51. The smallest absolute Gasteiger partial charge is 0.338 e. The molecule has 0 heterocycles. The Morgan fingerprint density at radius 1 is 1.21 bits per heavy atom. The molecule has 1 aromatic carbocycles. The van der Waals surface area contributed by atoms with E-state index in [0.717, 1.165) is 18.6 Å². The van der Waals surface area contributed by atoms with Gasteiger partial charge in [0.25, 0.3) is 11.4 Å². The third-order valence-corrected chi connectivity index (χ3v) is 2.87. The number of nitro groups is 2. The first kappa shape index (κ1) is 18.8. The van der Waals surface area contributed by atoms with Gasteiger partial charge in [-0.1, -0.05) is 13.3 Å². The van der Waals surface area contributed by atoms with E-state index in [1.54, 1.807) is 0 Å². The van der Waals surface area contributed by atoms with E-state index >= 15 is 0 Å². The van der Waals surface area contributed by atoms with Gasteiger partial charge in [-0.2, -0.15) is 0 Å². The van der Waals surface area contributed by atoms with Gasteiger partial charge in [0.2, 0.25) is 0 Å². The first-order chi connectivity index (χ1) is 11.3. The Labute approximate surface area is 135 Å². The number of hydrogen-bond acceptors (Lipinski definition) is 8. The third-order valence-electron chi connectivity index (χ3n) is 2.87. The van der Waals surface area contributed by atoms with Crippen molar-refractivity contribution in [2.45, 2.75) is 19.8 Å². The number of hydrogen-bond donors (Lipinski definition) is 2. The average molecular weight is 341 g/mol. The van der Waals surface area contributed by atoms with Crippen molar-refractivity contribution in [1.82, 2.24) is 0 Å². The summed E-state index contributed by atoms with van der Waals surface area (Å²) in [5, 5.41) is 33.0. The lowest BCUT2D eigenvalue weighted by Crippen LogP contribution is -2.15. The predicted molar refractivity (Wildman–Crippen MR) is 81.1 cm³/mol. The molecule has 0 atom stereocenters. The van der Waals surface area contributed by atoms with Crippen LogP contribution in [0.2, 0.25) is 0 Å². The van der Waals surface area contributed by atoms with E-state index in [0.29, 0.717) is 6.42 Å². The molecule has 0 bridgehead atoms. The summed E-state index contributed by atoms with van der Waals surface area (Å²) in [6.07, 6.45) is 1.33. The largest absolute Gasteiger partial charge is 0.480 e. The molecule has 0 aliphatic carbocycles. The maximum absolute atomic E-state index is 11.9. The number of benzene rings is 1. The summed E-state index contributed by atoms with van der Waals surface area (Å²) in [5.74, 6) is -2.29. The summed E-state index contributed by atoms with van der Waals surface area (Å²) in [7, 11) is 0. The molecule has 0 aliphatic heterocycles. The fourth-order valence-electron chi connectivity index (χ4n) is 1.76. The highest BCUT2D eigenvalue weighted by Gasteiger charge is 2.29. The zero-order valence-corrected chi connectivity index (χ0v) is 12.7. The molecule has 2 N–H and O–H groups in total. The van der Waals surface area contributed by atoms with Gasteiger partial charge in [-0.05, 0) is 6.42 Å². The van der Waals surface area contributed by atoms with Crippen molar-refractivity contribution in [3.63, 3.8) is 0 Å². The molecule has 0 unspecified atom stereocenters. The monoisotopic (exact) mass is 341 g/mol. The number of aliphatic carboxylic acids is 1. The summed E-state index contributed by atoms with van der Waals surface area (Å²) in [6.45, 7) is 1.18. The second kappa shape index (κ2) is 8.41. The minimum atomic E-state index is -1.36. The van der Waals surface area contributed by atoms with Gasteiger partial charge >= 0.3 is 11.9 Å². The van der Waals surface area contributed by atoms with Gasteiger partial charge in [-0.15, -0.1) is 0 Å². The number of carboxylic acids is 1. The number of carboxylic acid groups (broad SMARTS) is 1. The zero-order valence-electron chi connectivity index (χ0n) is 12.7. The molecule has 24 heavy (non-hydrogen) atoms. The van der Waals surface area contributed by atoms with Crippen LogP contribution in [-0.4, -0.2) is 40.0 Å². The molecule has 11 heteroatoms. The van der Waals surface area contributed by atoms with Gasteiger partial charge in [0.05, 0.1) is 22.0 Å². The van der Waals surface area contributed by atoms with E-state index in [-0.39, 0.29) is 12.2 Å². The van der Waals surface area contributed by atoms with Crippen molar-refractivity contribution < 1.29 is 29.3 Å². The summed E-state index contributed by atoms with van der Waals surface area (Å²) < 4.78 is 4.88. The molecule has 0 aliphatic rings. The molecule has 1 rings (SSSR count). The molecule has 11 nitrogen and oxygen atoms in total. The van der Waals surface area contributed by atoms with Crippen LogP contribution in [-0.2, 0) is 9.53 Å². The summed E-state index contributed by atoms with van der Waals surface area (Å²) in [5.41, 5.74) is -2.51. The van der Waals surface area contributed by atoms with Crippen molar-refractivity contribution in [1.29, 1.82) is 0 Å². The van der Waals surface area contributed by atoms with E-state index in [1.807, 2.05) is 6.92 Å². The van der Waals surface area contributed by atoms with Crippen LogP contribution in [0.4, 0.5) is 17.1 Å². The van der Waals surface area contributed by atoms with Gasteiger partial charge < -0.3 is 15.2 Å². The fraction of sp³-hybridized carbons (Fsp3) is 0.385. The van der Waals surface area contributed by atoms with Crippen LogP contribution in [0.15, 0.2) is 12.1 Å². The van der Waals surface area contributed by atoms with Crippen molar-refractivity contribution in [3.05, 3.63) is 37.9 Å². The Bertz CT molecular complexity index is 638. The van der Waals surface area contributed by atoms with Crippen molar-refractivity contribution >= 4 is 29.0 Å². The number of carbonyl (C=O) groups excluding carboxylic acids is 1. The minimum Gasteiger partial charge on any atom is -0.480 e. The fourth-order valence-corrected chi connectivity index (χ4v) is 1.76. The quantitative estimate of drug-likeness (QED) is 0.296. The van der Waals surface area contributed by atoms with Crippen LogP contribution >= 0.6 is 0 Å². The number of esters is 1. The van der Waals surface area contributed by atoms with E-state index in [9.17, 15) is 29.8 Å². The molecule has 0 amide bonds. The zero-order chi connectivity index (χ0) is 18.3. The van der Waals surface area contributed by atoms with E-state index in [4.69, 9.17) is 9.84 Å². The SMILES string of the molecule is CCCCOC(=O)c1cc([N+](=O)[O-])c(NCC(=O)O)c([N+](=O)[O-])c1. The molecule has 0 saturated carbocycles. The summed E-state index contributed by atoms with van der Waals surface area (Å²) >= 11 is 0. The maximum atomic E-state index is 11.9. The molecule has 1 aromatic rings. The first-order valence-electron chi connectivity index (χ1n) is 6.87. The number of unbranched alkanes of at least 4 members (excludes halogenated alkanes) is 1. The normalized spacial score (nSPS) is 10.0. The van der Waals surface area contributed by atoms with E-state index in [2.05, 4.69) is 5.32 Å². The Hall–Kier alpha value is -3.24. The number of ether oxygens (including phenoxy) is 1. The van der Waals surface area contributed by atoms with E-state index < -0.39 is 45.4 Å². The van der Waals surface area contributed by atoms with Crippen molar-refractivity contribution in [3.8, 4) is 0 Å². The van der Waals surface area contributed by atoms with Crippen LogP contribution in [0.1, 0.15) is 30.1 Å². The van der Waals surface area contributed by atoms with Crippen LogP contribution in [0.5, 0.6) is 0 Å². The number of rotatable bonds is 9. The highest BCUT2D eigenvalue weighted by atomic mass is 16.6. The lowest BCUT2D eigenvalue weighted by molar-refractivity contribution is -0.392. The van der Waals surface area contributed by atoms with Gasteiger partial charge in [-0.25, -0.2) is 4.79 Å².